The molecule has 8 aromatic rings. The predicted octanol–water partition coefficient (Wildman–Crippen LogP) is 16.2. The minimum atomic E-state index is 0.951. The van der Waals surface area contributed by atoms with E-state index in [4.69, 9.17) is 0 Å². The molecule has 5 nitrogen and oxygen atoms in total. The second-order valence-electron chi connectivity index (χ2n) is 19.4. The fourth-order valence-corrected chi connectivity index (χ4v) is 11.8. The Morgan fingerprint density at radius 1 is 0.347 bits per heavy atom. The zero-order chi connectivity index (χ0) is 52.0. The summed E-state index contributed by atoms with van der Waals surface area (Å²) in [6.45, 7) is 25.6. The molecule has 10 rings (SSSR count). The zero-order valence-corrected chi connectivity index (χ0v) is 45.4. The molecule has 0 radical (unpaired) electrons. The smallest absolute Gasteiger partial charge is 0.207 e. The van der Waals surface area contributed by atoms with Crippen molar-refractivity contribution in [2.75, 3.05) is 67.5 Å². The molecule has 0 atom stereocenters. The van der Waals surface area contributed by atoms with Crippen LogP contribution in [0.5, 0.6) is 0 Å². The Morgan fingerprint density at radius 2 is 0.680 bits per heavy atom. The lowest BCUT2D eigenvalue weighted by Gasteiger charge is -2.24. The SMILES string of the molecule is CCN(CC)c1ccc(C(=C2C=CC(=[N+](CC)CC)c3ccccc32)c2ccc(Nc3ccc(C(=C4C=CC(=[N+](CC)CC)c5ccccc54)c4ccc(N(CC)CC)cc4)c4ccccc34)c3ccccc23)cc1. The topological polar surface area (TPSA) is 24.5 Å². The lowest BCUT2D eigenvalue weighted by Crippen LogP contribution is -2.23. The third kappa shape index (κ3) is 9.57. The van der Waals surface area contributed by atoms with E-state index in [0.717, 1.165) is 63.7 Å². The maximum absolute atomic E-state index is 4.03. The molecule has 5 heteroatoms. The molecule has 8 aromatic carbocycles. The molecule has 0 fully saturated rings. The third-order valence-electron chi connectivity index (χ3n) is 15.8. The highest BCUT2D eigenvalue weighted by Gasteiger charge is 2.28. The summed E-state index contributed by atoms with van der Waals surface area (Å²) in [4.78, 5) is 4.83. The van der Waals surface area contributed by atoms with Crippen molar-refractivity contribution in [1.82, 2.24) is 0 Å². The van der Waals surface area contributed by atoms with Crippen molar-refractivity contribution >= 4 is 78.0 Å². The van der Waals surface area contributed by atoms with Crippen LogP contribution in [0.3, 0.4) is 0 Å². The van der Waals surface area contributed by atoms with Crippen LogP contribution in [0.15, 0.2) is 194 Å². The van der Waals surface area contributed by atoms with Crippen LogP contribution in [-0.2, 0) is 0 Å². The molecule has 0 saturated heterocycles. The first-order chi connectivity index (χ1) is 36.9. The van der Waals surface area contributed by atoms with Crippen LogP contribution in [0.2, 0.25) is 0 Å². The van der Waals surface area contributed by atoms with Crippen molar-refractivity contribution in [3.05, 3.63) is 239 Å². The van der Waals surface area contributed by atoms with E-state index in [9.17, 15) is 0 Å². The second kappa shape index (κ2) is 22.6. The summed E-state index contributed by atoms with van der Waals surface area (Å²) in [6.07, 6.45) is 9.42. The average Bonchev–Trinajstić information content (AvgIpc) is 3.47. The van der Waals surface area contributed by atoms with Gasteiger partial charge in [-0.3, -0.25) is 0 Å². The molecule has 0 unspecified atom stereocenters. The van der Waals surface area contributed by atoms with Gasteiger partial charge in [0.05, 0.1) is 11.1 Å². The number of hydrogen-bond donors (Lipinski definition) is 1. The van der Waals surface area contributed by atoms with Crippen molar-refractivity contribution in [2.45, 2.75) is 55.4 Å². The van der Waals surface area contributed by atoms with E-state index in [-0.39, 0.29) is 0 Å². The van der Waals surface area contributed by atoms with Crippen LogP contribution in [0.4, 0.5) is 22.7 Å². The van der Waals surface area contributed by atoms with Gasteiger partial charge in [0.15, 0.2) is 0 Å². The van der Waals surface area contributed by atoms with Gasteiger partial charge in [0, 0.05) is 71.9 Å². The first kappa shape index (κ1) is 50.5. The molecule has 1 N–H and O–H groups in total. The van der Waals surface area contributed by atoms with Gasteiger partial charge in [-0.25, -0.2) is 9.15 Å². The fourth-order valence-electron chi connectivity index (χ4n) is 11.8. The van der Waals surface area contributed by atoms with E-state index in [0.29, 0.717) is 0 Å². The summed E-state index contributed by atoms with van der Waals surface area (Å²) in [7, 11) is 0. The molecule has 75 heavy (non-hydrogen) atoms. The van der Waals surface area contributed by atoms with Crippen molar-refractivity contribution < 1.29 is 9.15 Å². The lowest BCUT2D eigenvalue weighted by atomic mass is 9.82. The molecule has 0 aromatic heterocycles. The minimum Gasteiger partial charge on any atom is -0.372 e. The van der Waals surface area contributed by atoms with Gasteiger partial charge < -0.3 is 15.1 Å². The van der Waals surface area contributed by atoms with E-state index in [1.165, 1.54) is 111 Å². The summed E-state index contributed by atoms with van der Waals surface area (Å²) in [6, 6.07) is 63.7. The molecule has 2 aliphatic rings. The number of benzene rings is 8. The summed E-state index contributed by atoms with van der Waals surface area (Å²) in [5.41, 5.74) is 22.0. The second-order valence-corrected chi connectivity index (χ2v) is 19.4. The Balaban J connectivity index is 1.14. The van der Waals surface area contributed by atoms with Gasteiger partial charge >= 0.3 is 0 Å². The maximum atomic E-state index is 4.03. The number of hydrogen-bond acceptors (Lipinski definition) is 3. The van der Waals surface area contributed by atoms with Gasteiger partial charge in [-0.05, 0) is 183 Å². The monoisotopic (exact) mass is 984 g/mol. The van der Waals surface area contributed by atoms with Crippen LogP contribution >= 0.6 is 0 Å². The Kier molecular flexibility index (Phi) is 15.2. The minimum absolute atomic E-state index is 0.951. The first-order valence-electron chi connectivity index (χ1n) is 27.7. The molecule has 2 aliphatic carbocycles. The summed E-state index contributed by atoms with van der Waals surface area (Å²) in [5, 5.41) is 8.78. The highest BCUT2D eigenvalue weighted by Crippen LogP contribution is 2.45. The Bertz CT molecular complexity index is 3340. The highest BCUT2D eigenvalue weighted by atomic mass is 15.1. The molecule has 0 bridgehead atoms. The summed E-state index contributed by atoms with van der Waals surface area (Å²) in [5.74, 6) is 0. The average molecular weight is 984 g/mol. The number of rotatable bonds is 16. The van der Waals surface area contributed by atoms with Crippen LogP contribution in [-0.4, -0.2) is 72.9 Å². The largest absolute Gasteiger partial charge is 0.372 e. The lowest BCUT2D eigenvalue weighted by molar-refractivity contribution is -0.519. The van der Waals surface area contributed by atoms with E-state index >= 15 is 0 Å². The van der Waals surface area contributed by atoms with Crippen molar-refractivity contribution in [2.24, 2.45) is 0 Å². The van der Waals surface area contributed by atoms with Crippen molar-refractivity contribution in [3.63, 3.8) is 0 Å². The standard InChI is InChI=1S/C70H72N5/c1-9-72(10-2)51-37-33-49(34-38-51)69(63-43-47-67(74(13-5)14-6)59-31-23-19-27-55(59)63)61-41-45-65(57-29-21-17-25-53(57)61)71-66-46-42-62(54-26-18-22-30-58(54)66)70(50-35-39-52(40-36-50)73(11-3)12-4)64-44-48-68(75(15-7)16-8)60-32-24-20-28-56(60)64/h17-48H,9-16H2,1-8H3/q+1/p+1. The van der Waals surface area contributed by atoms with E-state index in [2.05, 4.69) is 274 Å². The van der Waals surface area contributed by atoms with Crippen LogP contribution in [0.1, 0.15) is 99.9 Å². The van der Waals surface area contributed by atoms with Crippen molar-refractivity contribution in [3.8, 4) is 0 Å². The highest BCUT2D eigenvalue weighted by molar-refractivity contribution is 6.21. The van der Waals surface area contributed by atoms with Crippen LogP contribution in [0, 0.1) is 0 Å². The molecular weight excluding hydrogens is 911 g/mol. The quantitative estimate of drug-likeness (QED) is 0.0977. The predicted molar refractivity (Wildman–Crippen MR) is 325 cm³/mol. The van der Waals surface area contributed by atoms with Crippen LogP contribution in [0.25, 0.3) is 43.8 Å². The fraction of sp³-hybridized carbons (Fsp3) is 0.229. The Morgan fingerprint density at radius 3 is 1.03 bits per heavy atom. The number of nitrogens with zero attached hydrogens (tertiary/aromatic N) is 4. The van der Waals surface area contributed by atoms with Gasteiger partial charge in [-0.15, -0.1) is 0 Å². The Labute approximate surface area is 446 Å². The van der Waals surface area contributed by atoms with Crippen molar-refractivity contribution in [1.29, 1.82) is 0 Å². The number of anilines is 4. The van der Waals surface area contributed by atoms with Crippen LogP contribution < -0.4 is 15.1 Å². The first-order valence-corrected chi connectivity index (χ1v) is 27.7. The van der Waals surface area contributed by atoms with Gasteiger partial charge in [0.25, 0.3) is 0 Å². The Hall–Kier alpha value is -8.02. The van der Waals surface area contributed by atoms with E-state index in [1.807, 2.05) is 0 Å². The number of nitrogens with one attached hydrogen (secondary N) is 1. The summed E-state index contributed by atoms with van der Waals surface area (Å²) >= 11 is 0. The van der Waals surface area contributed by atoms with Gasteiger partial charge in [-0.2, -0.15) is 0 Å². The third-order valence-corrected chi connectivity index (χ3v) is 15.8. The normalized spacial score (nSPS) is 14.2. The molecule has 376 valence electrons. The van der Waals surface area contributed by atoms with Gasteiger partial charge in [0.2, 0.25) is 11.4 Å². The molecule has 0 heterocycles. The molecule has 0 amide bonds. The molecular formula is C70H73N5+2. The van der Waals surface area contributed by atoms with E-state index < -0.39 is 0 Å². The van der Waals surface area contributed by atoms with Gasteiger partial charge in [-0.1, -0.05) is 121 Å². The molecule has 0 saturated carbocycles. The molecule has 0 aliphatic heterocycles. The number of fused-ring (bicyclic) bond motifs is 4. The number of allylic oxidation sites excluding steroid dienone is 6. The van der Waals surface area contributed by atoms with Gasteiger partial charge in [0.1, 0.15) is 26.2 Å². The zero-order valence-electron chi connectivity index (χ0n) is 45.4. The molecule has 0 spiro atoms. The maximum Gasteiger partial charge on any atom is 0.207 e. The summed E-state index contributed by atoms with van der Waals surface area (Å²) < 4.78 is 4.93. The van der Waals surface area contributed by atoms with E-state index in [1.54, 1.807) is 0 Å².